The molecule has 0 aromatic heterocycles. The van der Waals surface area contributed by atoms with Crippen molar-refractivity contribution in [3.05, 3.63) is 0 Å². The van der Waals surface area contributed by atoms with Gasteiger partial charge in [-0.15, -0.1) is 0 Å². The first-order valence-electron chi connectivity index (χ1n) is 7.10. The minimum absolute atomic E-state index is 0.110. The SMILES string of the molecule is CCCNC(C)(CCCCSCC)C(=O)OCC. The highest BCUT2D eigenvalue weighted by Gasteiger charge is 2.33. The molecule has 0 heterocycles. The van der Waals surface area contributed by atoms with Gasteiger partial charge in [-0.05, 0) is 51.2 Å². The molecule has 0 aromatic carbocycles. The van der Waals surface area contributed by atoms with Gasteiger partial charge >= 0.3 is 5.97 Å². The highest BCUT2D eigenvalue weighted by molar-refractivity contribution is 7.99. The average molecular weight is 275 g/mol. The molecule has 3 nitrogen and oxygen atoms in total. The van der Waals surface area contributed by atoms with Crippen LogP contribution in [0, 0.1) is 0 Å². The minimum Gasteiger partial charge on any atom is -0.465 e. The summed E-state index contributed by atoms with van der Waals surface area (Å²) < 4.78 is 5.18. The third-order valence-electron chi connectivity index (χ3n) is 2.91. The zero-order valence-electron chi connectivity index (χ0n) is 12.4. The number of nitrogens with one attached hydrogen (secondary N) is 1. The van der Waals surface area contributed by atoms with Crippen LogP contribution in [0.1, 0.15) is 53.4 Å². The van der Waals surface area contributed by atoms with E-state index in [-0.39, 0.29) is 5.97 Å². The van der Waals surface area contributed by atoms with Gasteiger partial charge in [-0.2, -0.15) is 11.8 Å². The predicted octanol–water partition coefficient (Wildman–Crippen LogP) is 3.23. The fourth-order valence-corrected chi connectivity index (χ4v) is 2.48. The number of hydrogen-bond donors (Lipinski definition) is 1. The van der Waals surface area contributed by atoms with Gasteiger partial charge in [0.1, 0.15) is 5.54 Å². The van der Waals surface area contributed by atoms with Gasteiger partial charge in [0.25, 0.3) is 0 Å². The number of esters is 1. The summed E-state index contributed by atoms with van der Waals surface area (Å²) in [4.78, 5) is 12.0. The lowest BCUT2D eigenvalue weighted by atomic mass is 9.95. The zero-order chi connectivity index (χ0) is 13.9. The fraction of sp³-hybridized carbons (Fsp3) is 0.929. The molecule has 4 heteroatoms. The van der Waals surface area contributed by atoms with Crippen LogP contribution in [-0.2, 0) is 9.53 Å². The molecular formula is C14H29NO2S. The molecule has 0 fully saturated rings. The molecule has 0 rings (SSSR count). The molecule has 0 spiro atoms. The van der Waals surface area contributed by atoms with Crippen LogP contribution in [0.5, 0.6) is 0 Å². The third-order valence-corrected chi connectivity index (χ3v) is 3.90. The summed E-state index contributed by atoms with van der Waals surface area (Å²) in [6, 6.07) is 0. The summed E-state index contributed by atoms with van der Waals surface area (Å²) in [5.74, 6) is 2.24. The Morgan fingerprint density at radius 2 is 2.00 bits per heavy atom. The zero-order valence-corrected chi connectivity index (χ0v) is 13.2. The Hall–Kier alpha value is -0.220. The van der Waals surface area contributed by atoms with E-state index in [0.717, 1.165) is 25.8 Å². The number of hydrogen-bond acceptors (Lipinski definition) is 4. The van der Waals surface area contributed by atoms with Gasteiger partial charge in [0, 0.05) is 0 Å². The van der Waals surface area contributed by atoms with E-state index in [1.165, 1.54) is 17.9 Å². The standard InChI is InChI=1S/C14H29NO2S/c1-5-11-15-14(4,13(16)17-6-2)10-8-9-12-18-7-3/h15H,5-12H2,1-4H3. The molecule has 108 valence electrons. The first kappa shape index (κ1) is 17.8. The van der Waals surface area contributed by atoms with E-state index in [0.29, 0.717) is 6.61 Å². The van der Waals surface area contributed by atoms with Crippen LogP contribution in [0.4, 0.5) is 0 Å². The molecule has 0 aromatic rings. The summed E-state index contributed by atoms with van der Waals surface area (Å²) >= 11 is 1.96. The van der Waals surface area contributed by atoms with E-state index < -0.39 is 5.54 Å². The van der Waals surface area contributed by atoms with Crippen molar-refractivity contribution in [1.82, 2.24) is 5.32 Å². The normalized spacial score (nSPS) is 14.2. The van der Waals surface area contributed by atoms with Gasteiger partial charge in [0.05, 0.1) is 6.61 Å². The number of thioether (sulfide) groups is 1. The molecule has 0 aliphatic carbocycles. The molecule has 1 unspecified atom stereocenters. The molecule has 0 aliphatic heterocycles. The molecule has 1 atom stereocenters. The molecular weight excluding hydrogens is 246 g/mol. The number of rotatable bonds is 11. The molecule has 1 N–H and O–H groups in total. The largest absolute Gasteiger partial charge is 0.465 e. The molecule has 0 aliphatic rings. The number of carbonyl (C=O) groups excluding carboxylic acids is 1. The van der Waals surface area contributed by atoms with Crippen molar-refractivity contribution in [2.24, 2.45) is 0 Å². The summed E-state index contributed by atoms with van der Waals surface area (Å²) in [7, 11) is 0. The van der Waals surface area contributed by atoms with Gasteiger partial charge in [-0.25, -0.2) is 0 Å². The Labute approximate surface area is 116 Å². The van der Waals surface area contributed by atoms with Crippen molar-refractivity contribution in [1.29, 1.82) is 0 Å². The lowest BCUT2D eigenvalue weighted by Crippen LogP contribution is -2.50. The van der Waals surface area contributed by atoms with Gasteiger partial charge in [-0.3, -0.25) is 4.79 Å². The Morgan fingerprint density at radius 1 is 1.28 bits per heavy atom. The van der Waals surface area contributed by atoms with Gasteiger partial charge < -0.3 is 10.1 Å². The van der Waals surface area contributed by atoms with Crippen molar-refractivity contribution in [2.45, 2.75) is 58.9 Å². The Kier molecular flexibility index (Phi) is 10.5. The molecule has 0 saturated heterocycles. The van der Waals surface area contributed by atoms with E-state index in [1.807, 2.05) is 25.6 Å². The van der Waals surface area contributed by atoms with Crippen LogP contribution < -0.4 is 5.32 Å². The van der Waals surface area contributed by atoms with Crippen LogP contribution in [0.3, 0.4) is 0 Å². The van der Waals surface area contributed by atoms with Crippen LogP contribution in [0.15, 0.2) is 0 Å². The third kappa shape index (κ3) is 7.27. The smallest absolute Gasteiger partial charge is 0.326 e. The second-order valence-electron chi connectivity index (χ2n) is 4.63. The van der Waals surface area contributed by atoms with E-state index in [2.05, 4.69) is 19.2 Å². The van der Waals surface area contributed by atoms with Crippen molar-refractivity contribution < 1.29 is 9.53 Å². The van der Waals surface area contributed by atoms with Crippen molar-refractivity contribution in [3.63, 3.8) is 0 Å². The first-order valence-corrected chi connectivity index (χ1v) is 8.26. The minimum atomic E-state index is -0.511. The van der Waals surface area contributed by atoms with Crippen LogP contribution in [0.2, 0.25) is 0 Å². The van der Waals surface area contributed by atoms with Crippen molar-refractivity contribution >= 4 is 17.7 Å². The summed E-state index contributed by atoms with van der Waals surface area (Å²) in [6.07, 6.45) is 4.12. The summed E-state index contributed by atoms with van der Waals surface area (Å²) in [5, 5.41) is 3.34. The Bertz CT molecular complexity index is 224. The number of unbranched alkanes of at least 4 members (excludes halogenated alkanes) is 1. The number of ether oxygens (including phenoxy) is 1. The Morgan fingerprint density at radius 3 is 2.56 bits per heavy atom. The summed E-state index contributed by atoms with van der Waals surface area (Å²) in [6.45, 7) is 9.42. The summed E-state index contributed by atoms with van der Waals surface area (Å²) in [5.41, 5.74) is -0.511. The molecule has 18 heavy (non-hydrogen) atoms. The van der Waals surface area contributed by atoms with Gasteiger partial charge in [-0.1, -0.05) is 20.3 Å². The predicted molar refractivity (Wildman–Crippen MR) is 80.2 cm³/mol. The lowest BCUT2D eigenvalue weighted by molar-refractivity contribution is -0.150. The van der Waals surface area contributed by atoms with Crippen LogP contribution in [-0.4, -0.2) is 36.2 Å². The van der Waals surface area contributed by atoms with E-state index in [9.17, 15) is 4.79 Å². The fourth-order valence-electron chi connectivity index (χ4n) is 1.78. The highest BCUT2D eigenvalue weighted by Crippen LogP contribution is 2.17. The van der Waals surface area contributed by atoms with Crippen molar-refractivity contribution in [2.75, 3.05) is 24.7 Å². The van der Waals surface area contributed by atoms with E-state index in [4.69, 9.17) is 4.74 Å². The Balaban J connectivity index is 4.15. The topological polar surface area (TPSA) is 38.3 Å². The highest BCUT2D eigenvalue weighted by atomic mass is 32.2. The second kappa shape index (κ2) is 10.7. The second-order valence-corrected chi connectivity index (χ2v) is 6.03. The van der Waals surface area contributed by atoms with E-state index >= 15 is 0 Å². The van der Waals surface area contributed by atoms with Gasteiger partial charge in [0.15, 0.2) is 0 Å². The maximum atomic E-state index is 12.0. The lowest BCUT2D eigenvalue weighted by Gasteiger charge is -2.28. The monoisotopic (exact) mass is 275 g/mol. The molecule has 0 amide bonds. The average Bonchev–Trinajstić information content (AvgIpc) is 2.36. The first-order chi connectivity index (χ1) is 8.60. The maximum Gasteiger partial charge on any atom is 0.326 e. The number of carbonyl (C=O) groups is 1. The molecule has 0 saturated carbocycles. The van der Waals surface area contributed by atoms with E-state index in [1.54, 1.807) is 0 Å². The maximum absolute atomic E-state index is 12.0. The van der Waals surface area contributed by atoms with Crippen LogP contribution in [0.25, 0.3) is 0 Å². The molecule has 0 radical (unpaired) electrons. The molecule has 0 bridgehead atoms. The quantitative estimate of drug-likeness (QED) is 0.464. The van der Waals surface area contributed by atoms with Crippen LogP contribution >= 0.6 is 11.8 Å². The van der Waals surface area contributed by atoms with Crippen molar-refractivity contribution in [3.8, 4) is 0 Å². The van der Waals surface area contributed by atoms with Gasteiger partial charge in [0.2, 0.25) is 0 Å².